The van der Waals surface area contributed by atoms with E-state index in [0.717, 1.165) is 11.1 Å². The molecule has 1 N–H and O–H groups in total. The summed E-state index contributed by atoms with van der Waals surface area (Å²) in [6.45, 7) is 1.06. The Labute approximate surface area is 201 Å². The van der Waals surface area contributed by atoms with E-state index < -0.39 is 0 Å². The molecule has 9 heteroatoms. The molecule has 0 radical (unpaired) electrons. The predicted octanol–water partition coefficient (Wildman–Crippen LogP) is 3.82. The van der Waals surface area contributed by atoms with Crippen LogP contribution in [0.1, 0.15) is 21.5 Å². The summed E-state index contributed by atoms with van der Waals surface area (Å²) in [5.41, 5.74) is 2.62. The summed E-state index contributed by atoms with van der Waals surface area (Å²) in [7, 11) is 1.35. The molecule has 34 heavy (non-hydrogen) atoms. The number of amides is 1. The summed E-state index contributed by atoms with van der Waals surface area (Å²) < 4.78 is 12.2. The second-order valence-electron chi connectivity index (χ2n) is 7.43. The van der Waals surface area contributed by atoms with Crippen molar-refractivity contribution >= 4 is 23.6 Å². The lowest BCUT2D eigenvalue weighted by atomic mass is 10.1. The number of thioether (sulfide) groups is 1. The number of esters is 1. The molecule has 0 aliphatic carbocycles. The summed E-state index contributed by atoms with van der Waals surface area (Å²) in [5, 5.41) is 12.2. The van der Waals surface area contributed by atoms with Crippen LogP contribution in [-0.2, 0) is 22.5 Å². The molecule has 0 aliphatic heterocycles. The fourth-order valence-corrected chi connectivity index (χ4v) is 4.11. The van der Waals surface area contributed by atoms with Gasteiger partial charge >= 0.3 is 5.97 Å². The number of benzene rings is 2. The van der Waals surface area contributed by atoms with Gasteiger partial charge in [0, 0.05) is 6.54 Å². The van der Waals surface area contributed by atoms with Gasteiger partial charge in [-0.1, -0.05) is 54.2 Å². The number of aromatic nitrogens is 3. The summed E-state index contributed by atoms with van der Waals surface area (Å²) in [6.07, 6.45) is 2.25. The van der Waals surface area contributed by atoms with Crippen LogP contribution in [-0.4, -0.2) is 46.0 Å². The van der Waals surface area contributed by atoms with E-state index in [4.69, 9.17) is 9.15 Å². The minimum absolute atomic E-state index is 0.0926. The van der Waals surface area contributed by atoms with Crippen LogP contribution in [0.3, 0.4) is 0 Å². The van der Waals surface area contributed by atoms with Crippen LogP contribution < -0.4 is 5.32 Å². The maximum atomic E-state index is 12.4. The Morgan fingerprint density at radius 2 is 1.79 bits per heavy atom. The van der Waals surface area contributed by atoms with Gasteiger partial charge in [0.05, 0.1) is 31.2 Å². The van der Waals surface area contributed by atoms with Gasteiger partial charge < -0.3 is 14.5 Å². The molecule has 0 saturated carbocycles. The highest BCUT2D eigenvalue weighted by molar-refractivity contribution is 7.99. The smallest absolute Gasteiger partial charge is 0.337 e. The van der Waals surface area contributed by atoms with Crippen molar-refractivity contribution in [2.75, 3.05) is 19.4 Å². The maximum Gasteiger partial charge on any atom is 0.337 e. The second kappa shape index (κ2) is 11.3. The van der Waals surface area contributed by atoms with Crippen LogP contribution in [0.15, 0.2) is 82.6 Å². The number of nitrogens with zero attached hydrogens (tertiary/aromatic N) is 3. The molecule has 8 nitrogen and oxygen atoms in total. The molecule has 1 amide bonds. The zero-order valence-corrected chi connectivity index (χ0v) is 19.5. The van der Waals surface area contributed by atoms with Crippen molar-refractivity contribution in [3.8, 4) is 11.6 Å². The van der Waals surface area contributed by atoms with E-state index in [1.807, 2.05) is 53.1 Å². The molecule has 4 aromatic rings. The molecule has 174 valence electrons. The van der Waals surface area contributed by atoms with Gasteiger partial charge in [0.25, 0.3) is 0 Å². The number of hydrogen-bond acceptors (Lipinski definition) is 7. The quantitative estimate of drug-likeness (QED) is 0.274. The Balaban J connectivity index is 1.33. The van der Waals surface area contributed by atoms with Crippen molar-refractivity contribution in [3.63, 3.8) is 0 Å². The minimum atomic E-state index is -0.368. The molecule has 2 heterocycles. The van der Waals surface area contributed by atoms with Crippen LogP contribution in [0.5, 0.6) is 0 Å². The molecule has 4 rings (SSSR count). The zero-order chi connectivity index (χ0) is 23.8. The molecular formula is C25H24N4O4S. The van der Waals surface area contributed by atoms with Crippen LogP contribution in [0.2, 0.25) is 0 Å². The first-order chi connectivity index (χ1) is 16.6. The van der Waals surface area contributed by atoms with Crippen molar-refractivity contribution in [3.05, 3.63) is 89.7 Å². The number of ether oxygens (including phenoxy) is 1. The number of methoxy groups -OCH3 is 1. The summed E-state index contributed by atoms with van der Waals surface area (Å²) in [6, 6.07) is 20.8. The topological polar surface area (TPSA) is 99.2 Å². The summed E-state index contributed by atoms with van der Waals surface area (Å²) in [5.74, 6) is 0.995. The summed E-state index contributed by atoms with van der Waals surface area (Å²) in [4.78, 5) is 23.9. The van der Waals surface area contributed by atoms with E-state index in [0.29, 0.717) is 41.8 Å². The van der Waals surface area contributed by atoms with Crippen molar-refractivity contribution < 1.29 is 18.7 Å². The van der Waals surface area contributed by atoms with Gasteiger partial charge in [-0.05, 0) is 41.8 Å². The molecule has 0 fully saturated rings. The third-order valence-corrected chi connectivity index (χ3v) is 6.05. The van der Waals surface area contributed by atoms with Gasteiger partial charge in [-0.3, -0.25) is 9.36 Å². The monoisotopic (exact) mass is 476 g/mol. The fraction of sp³-hybridized carbons (Fsp3) is 0.200. The maximum absolute atomic E-state index is 12.4. The van der Waals surface area contributed by atoms with Gasteiger partial charge in [0.15, 0.2) is 10.9 Å². The lowest BCUT2D eigenvalue weighted by molar-refractivity contribution is -0.118. The molecule has 0 saturated heterocycles. The first kappa shape index (κ1) is 23.3. The number of furan rings is 1. The van der Waals surface area contributed by atoms with Crippen molar-refractivity contribution in [1.82, 2.24) is 20.1 Å². The molecule has 0 bridgehead atoms. The van der Waals surface area contributed by atoms with E-state index in [1.165, 1.54) is 18.9 Å². The molecule has 0 atom stereocenters. The van der Waals surface area contributed by atoms with E-state index in [2.05, 4.69) is 15.5 Å². The highest BCUT2D eigenvalue weighted by Crippen LogP contribution is 2.25. The highest BCUT2D eigenvalue weighted by Gasteiger charge is 2.17. The van der Waals surface area contributed by atoms with E-state index in [9.17, 15) is 9.59 Å². The summed E-state index contributed by atoms with van der Waals surface area (Å²) >= 11 is 1.33. The number of hydrogen-bond donors (Lipinski definition) is 1. The molecule has 0 unspecified atom stereocenters. The zero-order valence-electron chi connectivity index (χ0n) is 18.6. The Bertz CT molecular complexity index is 1220. The van der Waals surface area contributed by atoms with E-state index in [-0.39, 0.29) is 17.6 Å². The average molecular weight is 477 g/mol. The molecule has 0 aliphatic rings. The molecule has 0 spiro atoms. The van der Waals surface area contributed by atoms with Crippen molar-refractivity contribution in [2.24, 2.45) is 0 Å². The molecule has 2 aromatic carbocycles. The highest BCUT2D eigenvalue weighted by atomic mass is 32.2. The lowest BCUT2D eigenvalue weighted by Crippen LogP contribution is -2.27. The number of carbonyl (C=O) groups is 2. The number of carbonyl (C=O) groups excluding carboxylic acids is 2. The molecular weight excluding hydrogens is 452 g/mol. The van der Waals surface area contributed by atoms with Gasteiger partial charge in [-0.2, -0.15) is 0 Å². The standard InChI is InChI=1S/C25H24N4O4S/c1-32-24(31)20-11-9-18(10-12-20)13-14-26-22(30)17-34-25-28-27-23(21-8-5-15-33-21)29(25)16-19-6-3-2-4-7-19/h2-12,15H,13-14,16-17H2,1H3,(H,26,30). The Morgan fingerprint density at radius 1 is 1.00 bits per heavy atom. The largest absolute Gasteiger partial charge is 0.465 e. The van der Waals surface area contributed by atoms with Gasteiger partial charge in [0.2, 0.25) is 11.7 Å². The Kier molecular flexibility index (Phi) is 7.77. The third kappa shape index (κ3) is 5.93. The number of nitrogens with one attached hydrogen (secondary N) is 1. The third-order valence-electron chi connectivity index (χ3n) is 5.09. The van der Waals surface area contributed by atoms with E-state index in [1.54, 1.807) is 24.5 Å². The second-order valence-corrected chi connectivity index (χ2v) is 8.37. The SMILES string of the molecule is COC(=O)c1ccc(CCNC(=O)CSc2nnc(-c3ccco3)n2Cc2ccccc2)cc1. The van der Waals surface area contributed by atoms with Gasteiger partial charge in [-0.15, -0.1) is 10.2 Å². The first-order valence-corrected chi connectivity index (χ1v) is 11.7. The average Bonchev–Trinajstić information content (AvgIpc) is 3.53. The molecule has 2 aromatic heterocycles. The van der Waals surface area contributed by atoms with Gasteiger partial charge in [-0.25, -0.2) is 4.79 Å². The predicted molar refractivity (Wildman–Crippen MR) is 128 cm³/mol. The fourth-order valence-electron chi connectivity index (χ4n) is 3.34. The van der Waals surface area contributed by atoms with Crippen LogP contribution in [0.25, 0.3) is 11.6 Å². The number of rotatable bonds is 10. The van der Waals surface area contributed by atoms with Crippen molar-refractivity contribution in [2.45, 2.75) is 18.1 Å². The van der Waals surface area contributed by atoms with Crippen LogP contribution in [0, 0.1) is 0 Å². The Hall–Kier alpha value is -3.85. The van der Waals surface area contributed by atoms with Crippen molar-refractivity contribution in [1.29, 1.82) is 0 Å². The van der Waals surface area contributed by atoms with Crippen LogP contribution >= 0.6 is 11.8 Å². The van der Waals surface area contributed by atoms with Gasteiger partial charge in [0.1, 0.15) is 0 Å². The van der Waals surface area contributed by atoms with Crippen LogP contribution in [0.4, 0.5) is 0 Å². The first-order valence-electron chi connectivity index (χ1n) is 10.7. The lowest BCUT2D eigenvalue weighted by Gasteiger charge is -2.10. The van der Waals surface area contributed by atoms with E-state index >= 15 is 0 Å². The minimum Gasteiger partial charge on any atom is -0.465 e. The normalized spacial score (nSPS) is 10.7. The Morgan fingerprint density at radius 3 is 2.50 bits per heavy atom.